The molecule has 0 rings (SSSR count). The van der Waals surface area contributed by atoms with Gasteiger partial charge in [0.05, 0.1) is 5.25 Å². The number of rotatable bonds is 5. The average molecular weight is 189 g/mol. The van der Waals surface area contributed by atoms with Crippen LogP contribution in [0.3, 0.4) is 0 Å². The van der Waals surface area contributed by atoms with Crippen molar-refractivity contribution in [2.45, 2.75) is 38.9 Å². The lowest BCUT2D eigenvalue weighted by molar-refractivity contribution is -0.121. The third-order valence-corrected chi connectivity index (χ3v) is 2.56. The minimum atomic E-state index is -0.165. The van der Waals surface area contributed by atoms with E-state index in [-0.39, 0.29) is 11.2 Å². The maximum Gasteiger partial charge on any atom is 0.233 e. The maximum absolute atomic E-state index is 11.3. The first-order valence-corrected chi connectivity index (χ1v) is 5.07. The lowest BCUT2D eigenvalue weighted by Gasteiger charge is -2.13. The molecule has 2 nitrogen and oxygen atoms in total. The summed E-state index contributed by atoms with van der Waals surface area (Å²) in [6.45, 7) is 6.88. The molecule has 1 N–H and O–H groups in total. The Balaban J connectivity index is 3.57. The molecule has 0 aliphatic carbocycles. The van der Waals surface area contributed by atoms with Crippen LogP contribution >= 0.6 is 12.6 Å². The highest BCUT2D eigenvalue weighted by Crippen LogP contribution is 2.08. The van der Waals surface area contributed by atoms with Crippen LogP contribution < -0.4 is 5.32 Å². The molecular weight excluding hydrogens is 170 g/mol. The van der Waals surface area contributed by atoms with Crippen LogP contribution in [0.25, 0.3) is 0 Å². The summed E-state index contributed by atoms with van der Waals surface area (Å²) in [5.74, 6) is 0.358. The molecule has 0 saturated carbocycles. The topological polar surface area (TPSA) is 29.1 Å². The number of nitrogens with one attached hydrogen (secondary N) is 1. The normalized spacial score (nSPS) is 13.1. The minimum Gasteiger partial charge on any atom is -0.355 e. The lowest BCUT2D eigenvalue weighted by atomic mass is 10.1. The van der Waals surface area contributed by atoms with Crippen LogP contribution in [0.1, 0.15) is 33.6 Å². The monoisotopic (exact) mass is 189 g/mol. The van der Waals surface area contributed by atoms with Gasteiger partial charge in [-0.15, -0.1) is 0 Å². The fourth-order valence-corrected chi connectivity index (χ4v) is 0.887. The van der Waals surface area contributed by atoms with Crippen molar-refractivity contribution < 1.29 is 4.79 Å². The second-order valence-corrected chi connectivity index (χ2v) is 3.89. The first-order chi connectivity index (χ1) is 5.59. The van der Waals surface area contributed by atoms with Crippen LogP contribution in [-0.4, -0.2) is 17.7 Å². The summed E-state index contributed by atoms with van der Waals surface area (Å²) in [5.41, 5.74) is 0. The largest absolute Gasteiger partial charge is 0.355 e. The fraction of sp³-hybridized carbons (Fsp3) is 0.889. The Morgan fingerprint density at radius 2 is 2.08 bits per heavy atom. The third kappa shape index (κ3) is 4.65. The Kier molecular flexibility index (Phi) is 6.25. The molecule has 72 valence electrons. The van der Waals surface area contributed by atoms with Crippen molar-refractivity contribution in [2.24, 2.45) is 5.92 Å². The number of unbranched alkanes of at least 4 members (excludes halogenated alkanes) is 1. The lowest BCUT2D eigenvalue weighted by Crippen LogP contribution is -2.34. The zero-order valence-corrected chi connectivity index (χ0v) is 9.03. The molecule has 0 spiro atoms. The Hall–Kier alpha value is -0.180. The summed E-state index contributed by atoms with van der Waals surface area (Å²) >= 11 is 4.21. The second-order valence-electron chi connectivity index (χ2n) is 3.33. The van der Waals surface area contributed by atoms with Crippen molar-refractivity contribution >= 4 is 18.5 Å². The average Bonchev–Trinajstić information content (AvgIpc) is 2.03. The van der Waals surface area contributed by atoms with Gasteiger partial charge in [-0.05, 0) is 12.3 Å². The van der Waals surface area contributed by atoms with Gasteiger partial charge in [-0.3, -0.25) is 4.79 Å². The van der Waals surface area contributed by atoms with E-state index in [9.17, 15) is 4.79 Å². The molecule has 0 saturated heterocycles. The van der Waals surface area contributed by atoms with Gasteiger partial charge in [-0.1, -0.05) is 27.2 Å². The number of carbonyl (C=O) groups excluding carboxylic acids is 1. The molecule has 1 amide bonds. The van der Waals surface area contributed by atoms with Crippen LogP contribution in [-0.2, 0) is 4.79 Å². The van der Waals surface area contributed by atoms with Crippen LogP contribution in [0.15, 0.2) is 0 Å². The number of amides is 1. The molecule has 0 aromatic heterocycles. The minimum absolute atomic E-state index is 0.0572. The molecule has 0 heterocycles. The van der Waals surface area contributed by atoms with E-state index in [4.69, 9.17) is 0 Å². The van der Waals surface area contributed by atoms with E-state index >= 15 is 0 Å². The molecule has 1 unspecified atom stereocenters. The molecule has 0 aromatic rings. The Labute approximate surface area is 80.5 Å². The highest BCUT2D eigenvalue weighted by Gasteiger charge is 2.16. The summed E-state index contributed by atoms with van der Waals surface area (Å²) in [5, 5.41) is 2.68. The van der Waals surface area contributed by atoms with Gasteiger partial charge in [0.1, 0.15) is 0 Å². The molecule has 0 radical (unpaired) electrons. The quantitative estimate of drug-likeness (QED) is 0.501. The highest BCUT2D eigenvalue weighted by atomic mass is 32.1. The van der Waals surface area contributed by atoms with E-state index in [2.05, 4.69) is 24.9 Å². The Bertz CT molecular complexity index is 136. The predicted octanol–water partition coefficient (Wildman–Crippen LogP) is 1.86. The molecule has 1 atom stereocenters. The van der Waals surface area contributed by atoms with Crippen molar-refractivity contribution in [3.63, 3.8) is 0 Å². The van der Waals surface area contributed by atoms with Crippen molar-refractivity contribution in [3.8, 4) is 0 Å². The Morgan fingerprint density at radius 3 is 2.50 bits per heavy atom. The smallest absolute Gasteiger partial charge is 0.233 e. The molecule has 3 heteroatoms. The highest BCUT2D eigenvalue weighted by molar-refractivity contribution is 7.81. The SMILES string of the molecule is CCCCNC(=O)C(S)C(C)C. The summed E-state index contributed by atoms with van der Waals surface area (Å²) in [6.07, 6.45) is 2.16. The first-order valence-electron chi connectivity index (χ1n) is 4.55. The third-order valence-electron chi connectivity index (χ3n) is 1.73. The van der Waals surface area contributed by atoms with Gasteiger partial charge in [0.25, 0.3) is 0 Å². The van der Waals surface area contributed by atoms with E-state index in [1.807, 2.05) is 13.8 Å². The zero-order valence-electron chi connectivity index (χ0n) is 8.13. The molecule has 0 aromatic carbocycles. The summed E-state index contributed by atoms with van der Waals surface area (Å²) < 4.78 is 0. The first kappa shape index (κ1) is 11.8. The molecule has 0 bridgehead atoms. The van der Waals surface area contributed by atoms with E-state index in [1.54, 1.807) is 0 Å². The predicted molar refractivity (Wildman–Crippen MR) is 55.5 cm³/mol. The van der Waals surface area contributed by atoms with Crippen molar-refractivity contribution in [3.05, 3.63) is 0 Å². The fourth-order valence-electron chi connectivity index (χ4n) is 0.796. The number of hydrogen-bond acceptors (Lipinski definition) is 2. The van der Waals surface area contributed by atoms with Gasteiger partial charge in [0.2, 0.25) is 5.91 Å². The van der Waals surface area contributed by atoms with Gasteiger partial charge >= 0.3 is 0 Å². The summed E-state index contributed by atoms with van der Waals surface area (Å²) in [7, 11) is 0. The van der Waals surface area contributed by atoms with Crippen LogP contribution in [0.4, 0.5) is 0 Å². The van der Waals surface area contributed by atoms with E-state index < -0.39 is 0 Å². The number of thiol groups is 1. The number of hydrogen-bond donors (Lipinski definition) is 2. The van der Waals surface area contributed by atoms with E-state index in [0.29, 0.717) is 5.92 Å². The second kappa shape index (κ2) is 6.35. The van der Waals surface area contributed by atoms with Crippen LogP contribution in [0, 0.1) is 5.92 Å². The number of carbonyl (C=O) groups is 1. The van der Waals surface area contributed by atoms with E-state index in [0.717, 1.165) is 19.4 Å². The summed E-state index contributed by atoms with van der Waals surface area (Å²) in [6, 6.07) is 0. The van der Waals surface area contributed by atoms with Crippen LogP contribution in [0.5, 0.6) is 0 Å². The van der Waals surface area contributed by atoms with Gasteiger partial charge in [-0.2, -0.15) is 12.6 Å². The van der Waals surface area contributed by atoms with Crippen LogP contribution in [0.2, 0.25) is 0 Å². The summed E-state index contributed by atoms with van der Waals surface area (Å²) in [4.78, 5) is 11.3. The van der Waals surface area contributed by atoms with E-state index in [1.165, 1.54) is 0 Å². The molecular formula is C9H19NOS. The molecule has 0 aliphatic rings. The Morgan fingerprint density at radius 1 is 1.50 bits per heavy atom. The van der Waals surface area contributed by atoms with Crippen molar-refractivity contribution in [2.75, 3.05) is 6.54 Å². The van der Waals surface area contributed by atoms with Crippen molar-refractivity contribution in [1.82, 2.24) is 5.32 Å². The molecule has 12 heavy (non-hydrogen) atoms. The maximum atomic E-state index is 11.3. The standard InChI is InChI=1S/C9H19NOS/c1-4-5-6-10-9(11)8(12)7(2)3/h7-8,12H,4-6H2,1-3H3,(H,10,11). The zero-order chi connectivity index (χ0) is 9.56. The molecule has 0 aliphatic heterocycles. The van der Waals surface area contributed by atoms with Gasteiger partial charge < -0.3 is 5.32 Å². The van der Waals surface area contributed by atoms with Gasteiger partial charge in [-0.25, -0.2) is 0 Å². The molecule has 0 fully saturated rings. The van der Waals surface area contributed by atoms with Crippen molar-refractivity contribution in [1.29, 1.82) is 0 Å². The van der Waals surface area contributed by atoms with Gasteiger partial charge in [0.15, 0.2) is 0 Å². The van der Waals surface area contributed by atoms with Gasteiger partial charge in [0, 0.05) is 6.54 Å².